The molecule has 33 heavy (non-hydrogen) atoms. The minimum atomic E-state index is -0.720. The molecule has 1 amide bonds. The number of unbranched alkanes of at least 4 members (excludes halogenated alkanes) is 3. The average Bonchev–Trinajstić information content (AvgIpc) is 2.79. The lowest BCUT2D eigenvalue weighted by molar-refractivity contribution is -0.119. The standard InChI is InChI=1S/C23H30N6O4/c1-3-5-9-13-27(20-21(24)28(12-6-4-2)23(33)26-22(20)32)19(31)15-29-17-11-8-7-10-16(17)25-14-18(29)30/h7-8,10-11,14H,3-6,9,12-13,15,24H2,1-2H3,(H,26,32,33). The molecule has 0 radical (unpaired) electrons. The van der Waals surface area contributed by atoms with Crippen LogP contribution in [0.15, 0.2) is 44.8 Å². The molecule has 0 unspecified atom stereocenters. The maximum Gasteiger partial charge on any atom is 0.330 e. The van der Waals surface area contributed by atoms with Crippen LogP contribution in [-0.2, 0) is 17.9 Å². The van der Waals surface area contributed by atoms with Crippen molar-refractivity contribution in [3.05, 3.63) is 61.7 Å². The topological polar surface area (TPSA) is 136 Å². The molecule has 0 atom stereocenters. The average molecular weight is 455 g/mol. The summed E-state index contributed by atoms with van der Waals surface area (Å²) in [6.07, 6.45) is 5.09. The number of aromatic amines is 1. The van der Waals surface area contributed by atoms with Crippen molar-refractivity contribution in [3.63, 3.8) is 0 Å². The van der Waals surface area contributed by atoms with Gasteiger partial charge in [-0.05, 0) is 25.0 Å². The number of nitrogens with zero attached hydrogens (tertiary/aromatic N) is 4. The van der Waals surface area contributed by atoms with E-state index in [4.69, 9.17) is 5.73 Å². The first-order chi connectivity index (χ1) is 15.9. The summed E-state index contributed by atoms with van der Waals surface area (Å²) in [6, 6.07) is 7.02. The zero-order valence-corrected chi connectivity index (χ0v) is 19.0. The fraction of sp³-hybridized carbons (Fsp3) is 0.435. The van der Waals surface area contributed by atoms with E-state index in [-0.39, 0.29) is 24.6 Å². The Morgan fingerprint density at radius 3 is 2.52 bits per heavy atom. The second kappa shape index (κ2) is 10.8. The summed E-state index contributed by atoms with van der Waals surface area (Å²) in [5.74, 6) is -0.517. The van der Waals surface area contributed by atoms with Crippen molar-refractivity contribution in [1.29, 1.82) is 0 Å². The number of nitrogen functional groups attached to an aromatic ring is 1. The monoisotopic (exact) mass is 454 g/mol. The van der Waals surface area contributed by atoms with Crippen molar-refractivity contribution in [1.82, 2.24) is 19.1 Å². The summed E-state index contributed by atoms with van der Waals surface area (Å²) in [6.45, 7) is 4.28. The summed E-state index contributed by atoms with van der Waals surface area (Å²) in [7, 11) is 0. The highest BCUT2D eigenvalue weighted by atomic mass is 16.2. The van der Waals surface area contributed by atoms with Gasteiger partial charge in [-0.3, -0.25) is 28.5 Å². The van der Waals surface area contributed by atoms with Crippen LogP contribution in [0, 0.1) is 0 Å². The van der Waals surface area contributed by atoms with Crippen LogP contribution in [0.4, 0.5) is 11.5 Å². The number of para-hydroxylation sites is 2. The van der Waals surface area contributed by atoms with E-state index in [1.165, 1.54) is 20.2 Å². The van der Waals surface area contributed by atoms with Gasteiger partial charge in [0.05, 0.1) is 17.2 Å². The predicted molar refractivity (Wildman–Crippen MR) is 129 cm³/mol. The van der Waals surface area contributed by atoms with Gasteiger partial charge in [0.1, 0.15) is 12.4 Å². The highest BCUT2D eigenvalue weighted by molar-refractivity contribution is 5.96. The van der Waals surface area contributed by atoms with Crippen molar-refractivity contribution >= 4 is 28.4 Å². The Kier molecular flexibility index (Phi) is 7.81. The third-order valence-corrected chi connectivity index (χ3v) is 5.55. The number of rotatable bonds is 10. The number of fused-ring (bicyclic) bond motifs is 1. The van der Waals surface area contributed by atoms with E-state index in [9.17, 15) is 19.2 Å². The Morgan fingerprint density at radius 1 is 1.06 bits per heavy atom. The zero-order valence-electron chi connectivity index (χ0n) is 19.0. The molecule has 1 aromatic carbocycles. The largest absolute Gasteiger partial charge is 0.383 e. The van der Waals surface area contributed by atoms with Crippen molar-refractivity contribution in [3.8, 4) is 0 Å². The van der Waals surface area contributed by atoms with Crippen molar-refractivity contribution < 1.29 is 4.79 Å². The number of carbonyl (C=O) groups is 1. The van der Waals surface area contributed by atoms with Crippen molar-refractivity contribution in [2.24, 2.45) is 0 Å². The van der Waals surface area contributed by atoms with Gasteiger partial charge in [-0.15, -0.1) is 0 Å². The maximum atomic E-state index is 13.5. The highest BCUT2D eigenvalue weighted by Gasteiger charge is 2.25. The van der Waals surface area contributed by atoms with Crippen LogP contribution in [0.3, 0.4) is 0 Å². The van der Waals surface area contributed by atoms with Crippen LogP contribution in [0.25, 0.3) is 11.0 Å². The third-order valence-electron chi connectivity index (χ3n) is 5.55. The first kappa shape index (κ1) is 24.0. The molecule has 2 heterocycles. The number of aromatic nitrogens is 4. The molecule has 2 aromatic heterocycles. The Labute approximate surface area is 190 Å². The first-order valence-corrected chi connectivity index (χ1v) is 11.3. The molecule has 176 valence electrons. The third kappa shape index (κ3) is 5.21. The van der Waals surface area contributed by atoms with E-state index in [0.29, 0.717) is 30.4 Å². The van der Waals surface area contributed by atoms with E-state index in [0.717, 1.165) is 19.3 Å². The maximum absolute atomic E-state index is 13.5. The normalized spacial score (nSPS) is 11.1. The molecule has 3 N–H and O–H groups in total. The van der Waals surface area contributed by atoms with Gasteiger partial charge in [-0.1, -0.05) is 45.2 Å². The molecular formula is C23H30N6O4. The summed E-state index contributed by atoms with van der Waals surface area (Å²) >= 11 is 0. The van der Waals surface area contributed by atoms with E-state index >= 15 is 0 Å². The molecule has 10 heteroatoms. The lowest BCUT2D eigenvalue weighted by Gasteiger charge is -2.25. The minimum absolute atomic E-state index is 0.0472. The van der Waals surface area contributed by atoms with Crippen LogP contribution in [0.2, 0.25) is 0 Å². The van der Waals surface area contributed by atoms with Gasteiger partial charge in [0, 0.05) is 13.1 Å². The molecule has 10 nitrogen and oxygen atoms in total. The fourth-order valence-electron chi connectivity index (χ4n) is 3.76. The number of nitrogens with two attached hydrogens (primary N) is 1. The molecule has 3 rings (SSSR count). The van der Waals surface area contributed by atoms with Crippen LogP contribution in [-0.4, -0.2) is 31.6 Å². The Hall–Kier alpha value is -3.69. The Morgan fingerprint density at radius 2 is 1.79 bits per heavy atom. The van der Waals surface area contributed by atoms with Gasteiger partial charge in [-0.25, -0.2) is 9.78 Å². The van der Waals surface area contributed by atoms with Gasteiger partial charge >= 0.3 is 5.69 Å². The minimum Gasteiger partial charge on any atom is -0.383 e. The molecule has 0 saturated carbocycles. The molecule has 0 fully saturated rings. The summed E-state index contributed by atoms with van der Waals surface area (Å²) in [4.78, 5) is 58.8. The van der Waals surface area contributed by atoms with Crippen molar-refractivity contribution in [2.75, 3.05) is 17.2 Å². The van der Waals surface area contributed by atoms with E-state index in [1.54, 1.807) is 24.3 Å². The van der Waals surface area contributed by atoms with Gasteiger partial charge < -0.3 is 10.6 Å². The number of nitrogens with one attached hydrogen (secondary N) is 1. The predicted octanol–water partition coefficient (Wildman–Crippen LogP) is 1.85. The number of hydrogen-bond donors (Lipinski definition) is 2. The van der Waals surface area contributed by atoms with Crippen molar-refractivity contribution in [2.45, 2.75) is 59.0 Å². The lowest BCUT2D eigenvalue weighted by atomic mass is 10.2. The highest BCUT2D eigenvalue weighted by Crippen LogP contribution is 2.19. The van der Waals surface area contributed by atoms with Gasteiger partial charge in [0.2, 0.25) is 5.91 Å². The molecule has 0 bridgehead atoms. The van der Waals surface area contributed by atoms with E-state index in [1.807, 2.05) is 13.8 Å². The van der Waals surface area contributed by atoms with Gasteiger partial charge in [-0.2, -0.15) is 0 Å². The number of H-pyrrole nitrogens is 1. The van der Waals surface area contributed by atoms with Crippen LogP contribution >= 0.6 is 0 Å². The van der Waals surface area contributed by atoms with Gasteiger partial charge in [0.15, 0.2) is 5.69 Å². The molecular weight excluding hydrogens is 424 g/mol. The lowest BCUT2D eigenvalue weighted by Crippen LogP contribution is -2.43. The second-order valence-corrected chi connectivity index (χ2v) is 7.92. The van der Waals surface area contributed by atoms with E-state index in [2.05, 4.69) is 9.97 Å². The summed E-state index contributed by atoms with van der Waals surface area (Å²) in [5.41, 5.74) is 5.54. The van der Waals surface area contributed by atoms with Crippen LogP contribution < -0.4 is 27.4 Å². The summed E-state index contributed by atoms with van der Waals surface area (Å²) < 4.78 is 2.61. The molecule has 0 aliphatic rings. The SMILES string of the molecule is CCCCCN(C(=O)Cn1c(=O)cnc2ccccc21)c1c(N)n(CCCC)c(=O)[nH]c1=O. The molecule has 0 spiro atoms. The zero-order chi connectivity index (χ0) is 24.0. The number of amides is 1. The molecule has 0 aliphatic heterocycles. The Bertz CT molecular complexity index is 1310. The quantitative estimate of drug-likeness (QED) is 0.449. The van der Waals surface area contributed by atoms with E-state index < -0.39 is 22.7 Å². The molecule has 3 aromatic rings. The van der Waals surface area contributed by atoms with Gasteiger partial charge in [0.25, 0.3) is 11.1 Å². The molecule has 0 saturated heterocycles. The first-order valence-electron chi connectivity index (χ1n) is 11.3. The number of anilines is 2. The van der Waals surface area contributed by atoms with Crippen LogP contribution in [0.5, 0.6) is 0 Å². The van der Waals surface area contributed by atoms with Crippen LogP contribution in [0.1, 0.15) is 46.0 Å². The fourth-order valence-corrected chi connectivity index (χ4v) is 3.76. The number of hydrogen-bond acceptors (Lipinski definition) is 6. The summed E-state index contributed by atoms with van der Waals surface area (Å²) in [5, 5.41) is 0. The number of benzene rings is 1. The molecule has 0 aliphatic carbocycles. The number of carbonyl (C=O) groups excluding carboxylic acids is 1. The smallest absolute Gasteiger partial charge is 0.330 e. The Balaban J connectivity index is 2.07. The second-order valence-electron chi connectivity index (χ2n) is 7.92.